The summed E-state index contributed by atoms with van der Waals surface area (Å²) in [6.07, 6.45) is 5.75. The maximum absolute atomic E-state index is 11.9. The van der Waals surface area contributed by atoms with Crippen LogP contribution in [0.15, 0.2) is 11.6 Å². The van der Waals surface area contributed by atoms with Gasteiger partial charge in [-0.15, -0.1) is 0 Å². The Hall–Kier alpha value is -1.32. The third-order valence-corrected chi connectivity index (χ3v) is 2.69. The van der Waals surface area contributed by atoms with Gasteiger partial charge in [0.05, 0.1) is 0 Å². The van der Waals surface area contributed by atoms with E-state index >= 15 is 0 Å². The lowest BCUT2D eigenvalue weighted by Crippen LogP contribution is -2.28. The maximum atomic E-state index is 11.9. The van der Waals surface area contributed by atoms with Crippen molar-refractivity contribution in [3.63, 3.8) is 0 Å². The van der Waals surface area contributed by atoms with Crippen LogP contribution in [0.5, 0.6) is 0 Å². The van der Waals surface area contributed by atoms with Gasteiger partial charge in [-0.05, 0) is 19.8 Å². The summed E-state index contributed by atoms with van der Waals surface area (Å²) in [6.45, 7) is 4.57. The Morgan fingerprint density at radius 2 is 1.82 bits per heavy atom. The molecule has 0 aromatic rings. The smallest absolute Gasteiger partial charge is 0.328 e. The van der Waals surface area contributed by atoms with Gasteiger partial charge < -0.3 is 10.0 Å². The van der Waals surface area contributed by atoms with Gasteiger partial charge in [-0.2, -0.15) is 0 Å². The Balaban J connectivity index is 4.45. The number of unbranched alkanes of at least 4 members (excludes halogenated alkanes) is 3. The summed E-state index contributed by atoms with van der Waals surface area (Å²) < 4.78 is 0. The fourth-order valence-corrected chi connectivity index (χ4v) is 1.52. The number of carbonyl (C=O) groups excluding carboxylic acids is 1. The van der Waals surface area contributed by atoms with E-state index in [9.17, 15) is 9.59 Å². The van der Waals surface area contributed by atoms with Crippen molar-refractivity contribution in [2.45, 2.75) is 46.0 Å². The highest BCUT2D eigenvalue weighted by Crippen LogP contribution is 2.12. The van der Waals surface area contributed by atoms with E-state index in [1.807, 2.05) is 6.92 Å². The average Bonchev–Trinajstić information content (AvgIpc) is 2.30. The second-order valence-corrected chi connectivity index (χ2v) is 4.14. The predicted octanol–water partition coefficient (Wildman–Crippen LogP) is 2.45. The minimum Gasteiger partial charge on any atom is -0.478 e. The molecule has 0 heterocycles. The fraction of sp³-hybridized carbons (Fsp3) is 0.692. The highest BCUT2D eigenvalue weighted by Gasteiger charge is 2.14. The van der Waals surface area contributed by atoms with Crippen LogP contribution in [-0.2, 0) is 9.59 Å². The molecule has 0 saturated heterocycles. The number of amides is 1. The molecule has 1 amide bonds. The van der Waals surface area contributed by atoms with Crippen molar-refractivity contribution in [3.05, 3.63) is 11.6 Å². The van der Waals surface area contributed by atoms with E-state index in [0.717, 1.165) is 31.8 Å². The molecular weight excluding hydrogens is 218 g/mol. The molecule has 0 bridgehead atoms. The number of carboxylic acid groups (broad SMARTS) is 1. The second kappa shape index (κ2) is 8.79. The van der Waals surface area contributed by atoms with E-state index in [2.05, 4.69) is 6.92 Å². The highest BCUT2D eigenvalue weighted by molar-refractivity contribution is 5.98. The lowest BCUT2D eigenvalue weighted by Gasteiger charge is -2.16. The summed E-state index contributed by atoms with van der Waals surface area (Å²) in [4.78, 5) is 24.1. The topological polar surface area (TPSA) is 57.6 Å². The van der Waals surface area contributed by atoms with E-state index in [1.165, 1.54) is 4.90 Å². The van der Waals surface area contributed by atoms with E-state index in [4.69, 9.17) is 5.11 Å². The van der Waals surface area contributed by atoms with Crippen LogP contribution in [0.25, 0.3) is 0 Å². The van der Waals surface area contributed by atoms with Gasteiger partial charge in [0.1, 0.15) is 0 Å². The second-order valence-electron chi connectivity index (χ2n) is 4.14. The quantitative estimate of drug-likeness (QED) is 0.524. The van der Waals surface area contributed by atoms with Crippen LogP contribution in [0.2, 0.25) is 0 Å². The molecule has 0 aliphatic rings. The summed E-state index contributed by atoms with van der Waals surface area (Å²) in [6, 6.07) is 0. The molecule has 4 nitrogen and oxygen atoms in total. The maximum Gasteiger partial charge on any atom is 0.328 e. The van der Waals surface area contributed by atoms with Gasteiger partial charge in [0.15, 0.2) is 0 Å². The molecule has 1 N–H and O–H groups in total. The molecule has 0 spiro atoms. The van der Waals surface area contributed by atoms with Crippen molar-refractivity contribution >= 4 is 11.9 Å². The van der Waals surface area contributed by atoms with Crippen LogP contribution >= 0.6 is 0 Å². The Morgan fingerprint density at radius 1 is 1.18 bits per heavy atom. The highest BCUT2D eigenvalue weighted by atomic mass is 16.4. The van der Waals surface area contributed by atoms with Gasteiger partial charge in [0.2, 0.25) is 5.91 Å². The summed E-state index contributed by atoms with van der Waals surface area (Å²) in [5, 5.41) is 8.74. The van der Waals surface area contributed by atoms with Crippen molar-refractivity contribution < 1.29 is 14.7 Å². The first kappa shape index (κ1) is 15.7. The largest absolute Gasteiger partial charge is 0.478 e. The molecule has 98 valence electrons. The van der Waals surface area contributed by atoms with Gasteiger partial charge in [0, 0.05) is 25.2 Å². The van der Waals surface area contributed by atoms with Crippen molar-refractivity contribution in [1.82, 2.24) is 4.90 Å². The molecule has 0 fully saturated rings. The number of likely N-dealkylation sites (N-methyl/N-ethyl adjacent to an activating group) is 1. The van der Waals surface area contributed by atoms with Crippen molar-refractivity contribution in [2.24, 2.45) is 0 Å². The summed E-state index contributed by atoms with van der Waals surface area (Å²) in [5.74, 6) is -1.22. The van der Waals surface area contributed by atoms with E-state index in [0.29, 0.717) is 18.5 Å². The SMILES string of the molecule is CCCCCC/C(=C\C(=O)O)C(=O)N(C)CC. The predicted molar refractivity (Wildman–Crippen MR) is 67.8 cm³/mol. The number of aliphatic carboxylic acids is 1. The molecule has 0 radical (unpaired) electrons. The fourth-order valence-electron chi connectivity index (χ4n) is 1.52. The Bertz CT molecular complexity index is 284. The standard InChI is InChI=1S/C13H23NO3/c1-4-6-7-8-9-11(10-12(15)16)13(17)14(3)5-2/h10H,4-9H2,1-3H3,(H,15,16)/b11-10+. The first-order valence-electron chi connectivity index (χ1n) is 6.21. The van der Waals surface area contributed by atoms with Crippen LogP contribution in [0.3, 0.4) is 0 Å². The van der Waals surface area contributed by atoms with E-state index in [1.54, 1.807) is 7.05 Å². The molecule has 4 heteroatoms. The molecule has 0 aromatic heterocycles. The zero-order chi connectivity index (χ0) is 13.3. The Morgan fingerprint density at radius 3 is 2.29 bits per heavy atom. The minimum absolute atomic E-state index is 0.175. The van der Waals surface area contributed by atoms with Gasteiger partial charge >= 0.3 is 5.97 Å². The van der Waals surface area contributed by atoms with Crippen LogP contribution < -0.4 is 0 Å². The van der Waals surface area contributed by atoms with Crippen molar-refractivity contribution in [1.29, 1.82) is 0 Å². The van der Waals surface area contributed by atoms with Crippen LogP contribution in [0.1, 0.15) is 46.0 Å². The normalized spacial score (nSPS) is 11.4. The summed E-state index contributed by atoms with van der Waals surface area (Å²) in [5.41, 5.74) is 0.401. The van der Waals surface area contributed by atoms with Crippen LogP contribution in [-0.4, -0.2) is 35.5 Å². The Labute approximate surface area is 103 Å². The Kier molecular flexibility index (Phi) is 8.11. The molecule has 0 rings (SSSR count). The molecule has 0 atom stereocenters. The third-order valence-electron chi connectivity index (χ3n) is 2.69. The average molecular weight is 241 g/mol. The lowest BCUT2D eigenvalue weighted by molar-refractivity contribution is -0.132. The first-order valence-corrected chi connectivity index (χ1v) is 6.21. The molecule has 0 saturated carbocycles. The number of carbonyl (C=O) groups is 2. The minimum atomic E-state index is -1.05. The number of hydrogen-bond acceptors (Lipinski definition) is 2. The number of rotatable bonds is 8. The van der Waals surface area contributed by atoms with Gasteiger partial charge in [-0.25, -0.2) is 4.79 Å². The monoisotopic (exact) mass is 241 g/mol. The first-order chi connectivity index (χ1) is 8.02. The zero-order valence-corrected chi connectivity index (χ0v) is 11.0. The van der Waals surface area contributed by atoms with Gasteiger partial charge in [-0.3, -0.25) is 4.79 Å². The number of carboxylic acids is 1. The van der Waals surface area contributed by atoms with Crippen LogP contribution in [0, 0.1) is 0 Å². The molecule has 0 aromatic carbocycles. The number of nitrogens with zero attached hydrogens (tertiary/aromatic N) is 1. The molecule has 17 heavy (non-hydrogen) atoms. The third kappa shape index (κ3) is 6.76. The van der Waals surface area contributed by atoms with Crippen molar-refractivity contribution in [2.75, 3.05) is 13.6 Å². The molecular formula is C13H23NO3. The van der Waals surface area contributed by atoms with Crippen LogP contribution in [0.4, 0.5) is 0 Å². The van der Waals surface area contributed by atoms with Gasteiger partial charge in [0.25, 0.3) is 0 Å². The summed E-state index contributed by atoms with van der Waals surface area (Å²) in [7, 11) is 1.68. The van der Waals surface area contributed by atoms with E-state index < -0.39 is 5.97 Å². The summed E-state index contributed by atoms with van der Waals surface area (Å²) >= 11 is 0. The van der Waals surface area contributed by atoms with Crippen molar-refractivity contribution in [3.8, 4) is 0 Å². The molecule has 0 aliphatic heterocycles. The van der Waals surface area contributed by atoms with Gasteiger partial charge in [-0.1, -0.05) is 26.2 Å². The zero-order valence-electron chi connectivity index (χ0n) is 11.0. The number of hydrogen-bond donors (Lipinski definition) is 1. The lowest BCUT2D eigenvalue weighted by atomic mass is 10.0. The van der Waals surface area contributed by atoms with E-state index in [-0.39, 0.29) is 5.91 Å². The molecule has 0 aliphatic carbocycles. The molecule has 0 unspecified atom stereocenters.